The molecule has 0 radical (unpaired) electrons. The predicted molar refractivity (Wildman–Crippen MR) is 98.2 cm³/mol. The van der Waals surface area contributed by atoms with Gasteiger partial charge in [-0.2, -0.15) is 5.10 Å². The average molecular weight is 356 g/mol. The van der Waals surface area contributed by atoms with E-state index in [9.17, 15) is 14.9 Å². The van der Waals surface area contributed by atoms with Gasteiger partial charge in [0.15, 0.2) is 0 Å². The molecule has 0 aliphatic carbocycles. The number of hydrogen-bond donors (Lipinski definition) is 0. The molecule has 1 aliphatic heterocycles. The van der Waals surface area contributed by atoms with Gasteiger partial charge in [-0.1, -0.05) is 6.07 Å². The summed E-state index contributed by atoms with van der Waals surface area (Å²) in [6.45, 7) is 7.91. The minimum Gasteiger partial charge on any atom is -0.339 e. The first-order valence-electron chi connectivity index (χ1n) is 8.91. The van der Waals surface area contributed by atoms with Gasteiger partial charge in [-0.05, 0) is 51.7 Å². The van der Waals surface area contributed by atoms with Crippen molar-refractivity contribution in [2.45, 2.75) is 40.2 Å². The zero-order valence-electron chi connectivity index (χ0n) is 15.4. The van der Waals surface area contributed by atoms with Crippen LogP contribution in [0.2, 0.25) is 0 Å². The van der Waals surface area contributed by atoms with Crippen molar-refractivity contribution in [3.05, 3.63) is 56.9 Å². The van der Waals surface area contributed by atoms with Crippen molar-refractivity contribution >= 4 is 11.6 Å². The van der Waals surface area contributed by atoms with Gasteiger partial charge in [-0.3, -0.25) is 19.6 Å². The van der Waals surface area contributed by atoms with Crippen molar-refractivity contribution in [2.75, 3.05) is 13.1 Å². The third-order valence-electron chi connectivity index (χ3n) is 5.17. The lowest BCUT2D eigenvalue weighted by atomic mass is 9.95. The molecule has 0 atom stereocenters. The minimum absolute atomic E-state index is 0.00439. The van der Waals surface area contributed by atoms with Crippen LogP contribution < -0.4 is 0 Å². The van der Waals surface area contributed by atoms with Crippen LogP contribution in [-0.2, 0) is 6.54 Å². The van der Waals surface area contributed by atoms with Crippen LogP contribution in [0.1, 0.15) is 40.2 Å². The van der Waals surface area contributed by atoms with E-state index in [4.69, 9.17) is 0 Å². The summed E-state index contributed by atoms with van der Waals surface area (Å²) in [5.41, 5.74) is 3.04. The van der Waals surface area contributed by atoms with Crippen LogP contribution in [0.15, 0.2) is 24.3 Å². The highest BCUT2D eigenvalue weighted by atomic mass is 16.6. The second-order valence-electron chi connectivity index (χ2n) is 7.05. The molecule has 3 rings (SSSR count). The van der Waals surface area contributed by atoms with E-state index < -0.39 is 4.92 Å². The van der Waals surface area contributed by atoms with Crippen LogP contribution in [-0.4, -0.2) is 38.6 Å². The lowest BCUT2D eigenvalue weighted by molar-refractivity contribution is -0.385. The van der Waals surface area contributed by atoms with Crippen LogP contribution in [0, 0.1) is 36.8 Å². The third-order valence-corrected chi connectivity index (χ3v) is 5.17. The van der Waals surface area contributed by atoms with Gasteiger partial charge in [0.1, 0.15) is 0 Å². The lowest BCUT2D eigenvalue weighted by Gasteiger charge is -2.32. The molecule has 0 spiro atoms. The summed E-state index contributed by atoms with van der Waals surface area (Å²) < 4.78 is 2.04. The summed E-state index contributed by atoms with van der Waals surface area (Å²) in [4.78, 5) is 25.3. The van der Waals surface area contributed by atoms with Gasteiger partial charge in [0, 0.05) is 42.5 Å². The topological polar surface area (TPSA) is 81.3 Å². The first kappa shape index (κ1) is 18.1. The lowest BCUT2D eigenvalue weighted by Crippen LogP contribution is -2.39. The fraction of sp³-hybridized carbons (Fsp3) is 0.474. The quantitative estimate of drug-likeness (QED) is 0.622. The standard InChI is InChI=1S/C19H24N4O3/c1-13-11-14(2)22(20-13)12-16-7-9-21(10-8-16)19(24)17-5-4-6-18(15(17)3)23(25)26/h4-6,11,16H,7-10,12H2,1-3H3. The Hall–Kier alpha value is -2.70. The maximum atomic E-state index is 12.8. The van der Waals surface area contributed by atoms with Gasteiger partial charge in [-0.15, -0.1) is 0 Å². The number of aryl methyl sites for hydroxylation is 2. The molecule has 7 nitrogen and oxygen atoms in total. The monoisotopic (exact) mass is 356 g/mol. The Bertz CT molecular complexity index is 835. The first-order valence-corrected chi connectivity index (χ1v) is 8.91. The largest absolute Gasteiger partial charge is 0.339 e. The van der Waals surface area contributed by atoms with Crippen molar-refractivity contribution < 1.29 is 9.72 Å². The van der Waals surface area contributed by atoms with E-state index in [2.05, 4.69) is 18.1 Å². The molecule has 1 aliphatic rings. The van der Waals surface area contributed by atoms with E-state index in [-0.39, 0.29) is 11.6 Å². The molecular formula is C19H24N4O3. The number of carbonyl (C=O) groups is 1. The van der Waals surface area contributed by atoms with Gasteiger partial charge in [0.05, 0.1) is 10.6 Å². The molecule has 1 aromatic carbocycles. The molecule has 2 aromatic rings. The first-order chi connectivity index (χ1) is 12.4. The molecule has 138 valence electrons. The molecule has 0 bridgehead atoms. The summed E-state index contributed by atoms with van der Waals surface area (Å²) in [6.07, 6.45) is 1.83. The number of nitro benzene ring substituents is 1. The number of benzene rings is 1. The van der Waals surface area contributed by atoms with Crippen molar-refractivity contribution in [1.29, 1.82) is 0 Å². The van der Waals surface area contributed by atoms with Crippen LogP contribution in [0.3, 0.4) is 0 Å². The molecule has 7 heteroatoms. The summed E-state index contributed by atoms with van der Waals surface area (Å²) in [5, 5.41) is 15.6. The molecule has 26 heavy (non-hydrogen) atoms. The molecule has 0 N–H and O–H groups in total. The number of rotatable bonds is 4. The van der Waals surface area contributed by atoms with E-state index in [1.165, 1.54) is 6.07 Å². The number of piperidine rings is 1. The Balaban J connectivity index is 1.65. The fourth-order valence-electron chi connectivity index (χ4n) is 3.65. The van der Waals surface area contributed by atoms with Gasteiger partial charge in [0.25, 0.3) is 11.6 Å². The summed E-state index contributed by atoms with van der Waals surface area (Å²) >= 11 is 0. The number of hydrogen-bond acceptors (Lipinski definition) is 4. The van der Waals surface area contributed by atoms with Gasteiger partial charge >= 0.3 is 0 Å². The van der Waals surface area contributed by atoms with Gasteiger partial charge in [0.2, 0.25) is 0 Å². The Morgan fingerprint density at radius 3 is 2.54 bits per heavy atom. The highest BCUT2D eigenvalue weighted by Gasteiger charge is 2.27. The summed E-state index contributed by atoms with van der Waals surface area (Å²) in [6, 6.07) is 6.76. The highest BCUT2D eigenvalue weighted by molar-refractivity contribution is 5.96. The summed E-state index contributed by atoms with van der Waals surface area (Å²) in [5.74, 6) is 0.374. The predicted octanol–water partition coefficient (Wildman–Crippen LogP) is 3.27. The Morgan fingerprint density at radius 1 is 1.27 bits per heavy atom. The maximum absolute atomic E-state index is 12.8. The fourth-order valence-corrected chi connectivity index (χ4v) is 3.65. The second kappa shape index (κ2) is 7.27. The van der Waals surface area contributed by atoms with E-state index in [0.29, 0.717) is 30.1 Å². The van der Waals surface area contributed by atoms with Gasteiger partial charge in [-0.25, -0.2) is 0 Å². The Morgan fingerprint density at radius 2 is 1.96 bits per heavy atom. The minimum atomic E-state index is -0.438. The SMILES string of the molecule is Cc1cc(C)n(CC2CCN(C(=O)c3cccc([N+](=O)[O-])c3C)CC2)n1. The molecule has 1 aromatic heterocycles. The molecular weight excluding hydrogens is 332 g/mol. The smallest absolute Gasteiger partial charge is 0.273 e. The molecule has 1 amide bonds. The number of amides is 1. The molecule has 0 unspecified atom stereocenters. The maximum Gasteiger partial charge on any atom is 0.273 e. The van der Waals surface area contributed by atoms with Crippen molar-refractivity contribution in [3.8, 4) is 0 Å². The Kier molecular flexibility index (Phi) is 5.06. The van der Waals surface area contributed by atoms with E-state index >= 15 is 0 Å². The van der Waals surface area contributed by atoms with Crippen molar-refractivity contribution in [1.82, 2.24) is 14.7 Å². The average Bonchev–Trinajstić information content (AvgIpc) is 2.92. The van der Waals surface area contributed by atoms with Crippen LogP contribution in [0.25, 0.3) is 0 Å². The van der Waals surface area contributed by atoms with Crippen molar-refractivity contribution in [2.24, 2.45) is 5.92 Å². The van der Waals surface area contributed by atoms with Gasteiger partial charge < -0.3 is 4.90 Å². The molecule has 1 fully saturated rings. The van der Waals surface area contributed by atoms with E-state index in [0.717, 1.165) is 30.8 Å². The molecule has 1 saturated heterocycles. The van der Waals surface area contributed by atoms with Crippen LogP contribution in [0.5, 0.6) is 0 Å². The van der Waals surface area contributed by atoms with Crippen LogP contribution >= 0.6 is 0 Å². The number of nitrogens with zero attached hydrogens (tertiary/aromatic N) is 4. The summed E-state index contributed by atoms with van der Waals surface area (Å²) in [7, 11) is 0. The number of aromatic nitrogens is 2. The van der Waals surface area contributed by atoms with E-state index in [1.54, 1.807) is 19.1 Å². The number of likely N-dealkylation sites (tertiary alicyclic amines) is 1. The zero-order valence-corrected chi connectivity index (χ0v) is 15.4. The van der Waals surface area contributed by atoms with Crippen molar-refractivity contribution in [3.63, 3.8) is 0 Å². The van der Waals surface area contributed by atoms with Crippen LogP contribution in [0.4, 0.5) is 5.69 Å². The third kappa shape index (κ3) is 3.61. The Labute approximate surface area is 152 Å². The highest BCUT2D eigenvalue weighted by Crippen LogP contribution is 2.25. The molecule has 2 heterocycles. The number of nitro groups is 1. The number of carbonyl (C=O) groups excluding carboxylic acids is 1. The molecule has 0 saturated carbocycles. The second-order valence-corrected chi connectivity index (χ2v) is 7.05. The van der Waals surface area contributed by atoms with E-state index in [1.807, 2.05) is 16.5 Å². The zero-order chi connectivity index (χ0) is 18.8. The normalized spacial score (nSPS) is 15.3.